The highest BCUT2D eigenvalue weighted by atomic mass is 16.6. The highest BCUT2D eigenvalue weighted by Crippen LogP contribution is 2.23. The van der Waals surface area contributed by atoms with Crippen LogP contribution >= 0.6 is 0 Å². The first-order valence-corrected chi connectivity index (χ1v) is 4.73. The number of carbonyl (C=O) groups is 3. The molecular weight excluding hydrogens is 186 g/mol. The van der Waals surface area contributed by atoms with Gasteiger partial charge in [0.05, 0.1) is 19.3 Å². The Morgan fingerprint density at radius 2 is 1.86 bits per heavy atom. The first kappa shape index (κ1) is 11.0. The fourth-order valence-electron chi connectivity index (χ4n) is 1.43. The third-order valence-electron chi connectivity index (χ3n) is 2.35. The number of hydrogen-bond acceptors (Lipinski definition) is 4. The van der Waals surface area contributed by atoms with Gasteiger partial charge in [-0.2, -0.15) is 4.65 Å². The second-order valence-corrected chi connectivity index (χ2v) is 3.39. The van der Waals surface area contributed by atoms with Crippen molar-refractivity contribution < 1.29 is 19.0 Å². The van der Waals surface area contributed by atoms with Crippen LogP contribution in [0, 0.1) is 5.21 Å². The molecule has 1 saturated heterocycles. The van der Waals surface area contributed by atoms with E-state index >= 15 is 0 Å². The van der Waals surface area contributed by atoms with Gasteiger partial charge >= 0.3 is 17.7 Å². The number of quaternary nitrogens is 1. The molecule has 0 N–H and O–H groups in total. The number of likely N-dealkylation sites (tertiary alicyclic amines) is 1. The minimum Gasteiger partial charge on any atom is -0.610 e. The van der Waals surface area contributed by atoms with Crippen molar-refractivity contribution >= 4 is 17.7 Å². The van der Waals surface area contributed by atoms with Crippen LogP contribution in [0.2, 0.25) is 0 Å². The van der Waals surface area contributed by atoms with Crippen molar-refractivity contribution in [3.63, 3.8) is 0 Å². The summed E-state index contributed by atoms with van der Waals surface area (Å²) in [6, 6.07) is 0. The van der Waals surface area contributed by atoms with E-state index in [1.165, 1.54) is 0 Å². The highest BCUT2D eigenvalue weighted by molar-refractivity contribution is 6.02. The maximum absolute atomic E-state index is 11.7. The molecule has 0 spiro atoms. The van der Waals surface area contributed by atoms with E-state index in [4.69, 9.17) is 0 Å². The average Bonchev–Trinajstić information content (AvgIpc) is 2.43. The molecule has 1 aliphatic heterocycles. The largest absolute Gasteiger partial charge is 0.610 e. The van der Waals surface area contributed by atoms with Gasteiger partial charge in [-0.1, -0.05) is 13.3 Å². The van der Waals surface area contributed by atoms with Crippen LogP contribution < -0.4 is 0 Å². The standard InChI is InChI=1S/C9H13NO4/c1-2-3-4-7(11)10(14)8(12)5-6-9(10)13/h2-6H2,1H3. The maximum Gasteiger partial charge on any atom is 0.329 e. The summed E-state index contributed by atoms with van der Waals surface area (Å²) >= 11 is 0. The molecule has 0 radical (unpaired) electrons. The summed E-state index contributed by atoms with van der Waals surface area (Å²) in [5, 5.41) is 11.7. The van der Waals surface area contributed by atoms with Crippen molar-refractivity contribution in [2.75, 3.05) is 0 Å². The smallest absolute Gasteiger partial charge is 0.329 e. The van der Waals surface area contributed by atoms with Crippen molar-refractivity contribution in [3.8, 4) is 0 Å². The highest BCUT2D eigenvalue weighted by Gasteiger charge is 2.48. The number of unbranched alkanes of at least 4 members (excludes halogenated alkanes) is 1. The van der Waals surface area contributed by atoms with Gasteiger partial charge in [0.25, 0.3) is 0 Å². The lowest BCUT2D eigenvalue weighted by Crippen LogP contribution is -2.51. The molecule has 14 heavy (non-hydrogen) atoms. The van der Waals surface area contributed by atoms with Crippen molar-refractivity contribution in [3.05, 3.63) is 5.21 Å². The third-order valence-corrected chi connectivity index (χ3v) is 2.35. The van der Waals surface area contributed by atoms with Gasteiger partial charge < -0.3 is 5.21 Å². The molecule has 3 amide bonds. The minimum absolute atomic E-state index is 0.0114. The fraction of sp³-hybridized carbons (Fsp3) is 0.667. The molecule has 5 heteroatoms. The number of amides is 3. The van der Waals surface area contributed by atoms with Crippen molar-refractivity contribution in [1.29, 1.82) is 0 Å². The summed E-state index contributed by atoms with van der Waals surface area (Å²) in [6.45, 7) is 1.87. The van der Waals surface area contributed by atoms with Crippen LogP contribution in [0.1, 0.15) is 39.0 Å². The molecule has 0 saturated carbocycles. The molecule has 1 fully saturated rings. The average molecular weight is 199 g/mol. The number of nitrogens with zero attached hydrogens (tertiary/aromatic N) is 1. The molecule has 0 aromatic rings. The molecule has 0 aromatic carbocycles. The topological polar surface area (TPSA) is 74.3 Å². The number of hydrogen-bond donors (Lipinski definition) is 0. The Kier molecular flexibility index (Phi) is 3.13. The van der Waals surface area contributed by atoms with Crippen LogP contribution in [-0.4, -0.2) is 22.4 Å². The van der Waals surface area contributed by atoms with Gasteiger partial charge in [-0.05, 0) is 6.42 Å². The summed E-state index contributed by atoms with van der Waals surface area (Å²) in [6.07, 6.45) is 1.12. The SMILES string of the molecule is CCCCC(=O)[N+]1([O-])C(=O)CCC1=O. The van der Waals surface area contributed by atoms with Gasteiger partial charge in [0.15, 0.2) is 0 Å². The Bertz CT molecular complexity index is 269. The van der Waals surface area contributed by atoms with Crippen LogP contribution in [0.5, 0.6) is 0 Å². The first-order chi connectivity index (χ1) is 6.53. The summed E-state index contributed by atoms with van der Waals surface area (Å²) < 4.78 is -1.85. The predicted octanol–water partition coefficient (Wildman–Crippen LogP) is 0.865. The molecule has 78 valence electrons. The molecule has 0 unspecified atom stereocenters. The van der Waals surface area contributed by atoms with Crippen LogP contribution in [0.3, 0.4) is 0 Å². The number of carbonyl (C=O) groups excluding carboxylic acids is 3. The van der Waals surface area contributed by atoms with E-state index in [2.05, 4.69) is 0 Å². The van der Waals surface area contributed by atoms with Gasteiger partial charge in [-0.3, -0.25) is 0 Å². The Labute approximate surface area is 81.9 Å². The van der Waals surface area contributed by atoms with E-state index in [-0.39, 0.29) is 19.3 Å². The molecule has 0 aromatic heterocycles. The van der Waals surface area contributed by atoms with E-state index in [1.54, 1.807) is 0 Å². The van der Waals surface area contributed by atoms with Gasteiger partial charge in [0, 0.05) is 0 Å². The molecule has 1 aliphatic rings. The van der Waals surface area contributed by atoms with E-state index in [0.717, 1.165) is 6.42 Å². The van der Waals surface area contributed by atoms with Crippen LogP contribution in [0.4, 0.5) is 0 Å². The van der Waals surface area contributed by atoms with E-state index in [9.17, 15) is 19.6 Å². The second-order valence-electron chi connectivity index (χ2n) is 3.39. The lowest BCUT2D eigenvalue weighted by atomic mass is 10.2. The monoisotopic (exact) mass is 199 g/mol. The summed E-state index contributed by atoms with van der Waals surface area (Å²) in [4.78, 5) is 33.6. The molecule has 1 heterocycles. The summed E-state index contributed by atoms with van der Waals surface area (Å²) in [7, 11) is 0. The molecule has 1 rings (SSSR count). The second kappa shape index (κ2) is 3.98. The number of rotatable bonds is 3. The molecule has 0 atom stereocenters. The maximum atomic E-state index is 11.7. The third kappa shape index (κ3) is 1.60. The zero-order valence-corrected chi connectivity index (χ0v) is 8.12. The van der Waals surface area contributed by atoms with Gasteiger partial charge in [0.2, 0.25) is 0 Å². The minimum atomic E-state index is -1.85. The van der Waals surface area contributed by atoms with E-state index < -0.39 is 22.4 Å². The van der Waals surface area contributed by atoms with Crippen LogP contribution in [0.25, 0.3) is 0 Å². The lowest BCUT2D eigenvalue weighted by Gasteiger charge is -2.28. The zero-order chi connectivity index (χ0) is 10.8. The van der Waals surface area contributed by atoms with Crippen LogP contribution in [-0.2, 0) is 14.4 Å². The van der Waals surface area contributed by atoms with Crippen LogP contribution in [0.15, 0.2) is 0 Å². The normalized spacial score (nSPS) is 20.1. The molecular formula is C9H13NO4. The van der Waals surface area contributed by atoms with E-state index in [0.29, 0.717) is 6.42 Å². The molecule has 0 aliphatic carbocycles. The Balaban J connectivity index is 2.77. The Hall–Kier alpha value is -1.07. The van der Waals surface area contributed by atoms with Gasteiger partial charge in [-0.25, -0.2) is 14.4 Å². The first-order valence-electron chi connectivity index (χ1n) is 4.73. The van der Waals surface area contributed by atoms with Crippen molar-refractivity contribution in [2.24, 2.45) is 0 Å². The van der Waals surface area contributed by atoms with Crippen molar-refractivity contribution in [2.45, 2.75) is 39.0 Å². The Morgan fingerprint density at radius 1 is 1.36 bits per heavy atom. The fourth-order valence-corrected chi connectivity index (χ4v) is 1.43. The zero-order valence-electron chi connectivity index (χ0n) is 8.12. The van der Waals surface area contributed by atoms with E-state index in [1.807, 2.05) is 6.92 Å². The quantitative estimate of drug-likeness (QED) is 0.384. The van der Waals surface area contributed by atoms with Gasteiger partial charge in [-0.15, -0.1) is 0 Å². The predicted molar refractivity (Wildman–Crippen MR) is 47.4 cm³/mol. The molecule has 0 bridgehead atoms. The number of imide groups is 3. The lowest BCUT2D eigenvalue weighted by molar-refractivity contribution is -0.641. The summed E-state index contributed by atoms with van der Waals surface area (Å²) in [5.41, 5.74) is 0. The number of hydroxylamine groups is 3. The Morgan fingerprint density at radius 3 is 2.29 bits per heavy atom. The van der Waals surface area contributed by atoms with Crippen molar-refractivity contribution in [1.82, 2.24) is 0 Å². The van der Waals surface area contributed by atoms with Gasteiger partial charge in [0.1, 0.15) is 0 Å². The molecule has 5 nitrogen and oxygen atoms in total. The summed E-state index contributed by atoms with van der Waals surface area (Å²) in [5.74, 6) is -2.42.